The van der Waals surface area contributed by atoms with Gasteiger partial charge in [0, 0.05) is 16.9 Å². The highest BCUT2D eigenvalue weighted by atomic mass is 19.1. The molecule has 37 heavy (non-hydrogen) atoms. The van der Waals surface area contributed by atoms with Crippen LogP contribution in [0.1, 0.15) is 21.8 Å². The second kappa shape index (κ2) is 11.1. The van der Waals surface area contributed by atoms with E-state index in [1.54, 1.807) is 24.3 Å². The maximum atomic E-state index is 13.3. The van der Waals surface area contributed by atoms with Crippen molar-refractivity contribution in [1.82, 2.24) is 0 Å². The number of carbonyl (C=O) groups is 3. The SMILES string of the molecule is Nc1ccccc1NC(=O)c1ccc(C(C(=O)Nc2ccc(F)cc2)C(=O)Nc2ccc(F)cc2)cc1. The van der Waals surface area contributed by atoms with E-state index in [2.05, 4.69) is 16.0 Å². The van der Waals surface area contributed by atoms with Gasteiger partial charge in [-0.05, 0) is 78.4 Å². The molecule has 0 aliphatic carbocycles. The van der Waals surface area contributed by atoms with Crippen LogP contribution in [0.5, 0.6) is 0 Å². The van der Waals surface area contributed by atoms with E-state index >= 15 is 0 Å². The average molecular weight is 501 g/mol. The lowest BCUT2D eigenvalue weighted by molar-refractivity contribution is -0.125. The van der Waals surface area contributed by atoms with E-state index in [9.17, 15) is 23.2 Å². The Bertz CT molecular complexity index is 1360. The number of nitrogen functional groups attached to an aromatic ring is 1. The molecule has 0 aliphatic heterocycles. The Morgan fingerprint density at radius 2 is 1.11 bits per heavy atom. The number of hydrogen-bond donors (Lipinski definition) is 4. The van der Waals surface area contributed by atoms with Crippen molar-refractivity contribution >= 4 is 40.5 Å². The second-order valence-corrected chi connectivity index (χ2v) is 8.09. The van der Waals surface area contributed by atoms with Crippen LogP contribution in [0.3, 0.4) is 0 Å². The van der Waals surface area contributed by atoms with Crippen LogP contribution in [0.25, 0.3) is 0 Å². The Kier molecular flexibility index (Phi) is 7.53. The third-order valence-electron chi connectivity index (χ3n) is 5.46. The molecule has 3 amide bonds. The van der Waals surface area contributed by atoms with Crippen LogP contribution in [0.2, 0.25) is 0 Å². The fourth-order valence-electron chi connectivity index (χ4n) is 3.55. The number of hydrogen-bond acceptors (Lipinski definition) is 4. The maximum Gasteiger partial charge on any atom is 0.255 e. The fraction of sp³-hybridized carbons (Fsp3) is 0.0357. The second-order valence-electron chi connectivity index (χ2n) is 8.09. The van der Waals surface area contributed by atoms with E-state index in [0.29, 0.717) is 28.3 Å². The molecule has 186 valence electrons. The smallest absolute Gasteiger partial charge is 0.255 e. The summed E-state index contributed by atoms with van der Waals surface area (Å²) >= 11 is 0. The number of para-hydroxylation sites is 2. The van der Waals surface area contributed by atoms with E-state index in [1.165, 1.54) is 72.8 Å². The summed E-state index contributed by atoms with van der Waals surface area (Å²) in [5.41, 5.74) is 7.90. The first-order chi connectivity index (χ1) is 17.8. The first kappa shape index (κ1) is 25.1. The highest BCUT2D eigenvalue weighted by Gasteiger charge is 2.29. The zero-order chi connectivity index (χ0) is 26.4. The van der Waals surface area contributed by atoms with Gasteiger partial charge in [-0.25, -0.2) is 8.78 Å². The fourth-order valence-corrected chi connectivity index (χ4v) is 3.55. The number of nitrogens with two attached hydrogens (primary N) is 1. The largest absolute Gasteiger partial charge is 0.397 e. The van der Waals surface area contributed by atoms with Crippen molar-refractivity contribution in [3.8, 4) is 0 Å². The van der Waals surface area contributed by atoms with E-state index in [-0.39, 0.29) is 5.56 Å². The van der Waals surface area contributed by atoms with Gasteiger partial charge in [0.2, 0.25) is 11.8 Å². The Balaban J connectivity index is 1.57. The number of benzene rings is 4. The summed E-state index contributed by atoms with van der Waals surface area (Å²) in [4.78, 5) is 39.0. The Morgan fingerprint density at radius 3 is 1.59 bits per heavy atom. The van der Waals surface area contributed by atoms with Gasteiger partial charge in [0.25, 0.3) is 5.91 Å². The van der Waals surface area contributed by atoms with Crippen LogP contribution in [0.15, 0.2) is 97.1 Å². The molecule has 4 rings (SSSR count). The Hall–Kier alpha value is -5.05. The molecule has 0 bridgehead atoms. The first-order valence-electron chi connectivity index (χ1n) is 11.2. The quantitative estimate of drug-likeness (QED) is 0.207. The molecule has 0 fully saturated rings. The molecule has 0 aromatic heterocycles. The van der Waals surface area contributed by atoms with Crippen molar-refractivity contribution in [3.05, 3.63) is 120 Å². The summed E-state index contributed by atoms with van der Waals surface area (Å²) in [6, 6.07) is 22.9. The molecule has 0 spiro atoms. The van der Waals surface area contributed by atoms with E-state index < -0.39 is 35.3 Å². The molecule has 0 atom stereocenters. The third-order valence-corrected chi connectivity index (χ3v) is 5.46. The van der Waals surface area contributed by atoms with Crippen LogP contribution in [-0.2, 0) is 9.59 Å². The van der Waals surface area contributed by atoms with Crippen molar-refractivity contribution in [1.29, 1.82) is 0 Å². The summed E-state index contributed by atoms with van der Waals surface area (Å²) in [6.07, 6.45) is 0. The highest BCUT2D eigenvalue weighted by Crippen LogP contribution is 2.23. The van der Waals surface area contributed by atoms with Gasteiger partial charge < -0.3 is 21.7 Å². The summed E-state index contributed by atoms with van der Waals surface area (Å²) in [5, 5.41) is 7.91. The summed E-state index contributed by atoms with van der Waals surface area (Å²) < 4.78 is 26.5. The molecule has 0 radical (unpaired) electrons. The molecule has 0 saturated heterocycles. The van der Waals surface area contributed by atoms with Gasteiger partial charge in [-0.1, -0.05) is 24.3 Å². The normalized spacial score (nSPS) is 10.6. The van der Waals surface area contributed by atoms with Gasteiger partial charge in [0.15, 0.2) is 0 Å². The van der Waals surface area contributed by atoms with Gasteiger partial charge in [-0.15, -0.1) is 0 Å². The average Bonchev–Trinajstić information content (AvgIpc) is 2.88. The van der Waals surface area contributed by atoms with Gasteiger partial charge >= 0.3 is 0 Å². The third kappa shape index (κ3) is 6.34. The number of rotatable bonds is 7. The summed E-state index contributed by atoms with van der Waals surface area (Å²) in [6.45, 7) is 0. The molecular weight excluding hydrogens is 478 g/mol. The van der Waals surface area contributed by atoms with Crippen molar-refractivity contribution in [2.24, 2.45) is 0 Å². The van der Waals surface area contributed by atoms with Crippen LogP contribution in [0, 0.1) is 11.6 Å². The maximum absolute atomic E-state index is 13.3. The molecule has 7 nitrogen and oxygen atoms in total. The van der Waals surface area contributed by atoms with Gasteiger partial charge in [-0.3, -0.25) is 14.4 Å². The monoisotopic (exact) mass is 500 g/mol. The van der Waals surface area contributed by atoms with Crippen LogP contribution in [-0.4, -0.2) is 17.7 Å². The number of nitrogens with one attached hydrogen (secondary N) is 3. The Morgan fingerprint density at radius 1 is 0.622 bits per heavy atom. The predicted octanol–water partition coefficient (Wildman–Crippen LogP) is 5.16. The number of halogens is 2. The predicted molar refractivity (Wildman–Crippen MR) is 138 cm³/mol. The van der Waals surface area contributed by atoms with Crippen LogP contribution in [0.4, 0.5) is 31.5 Å². The number of carbonyl (C=O) groups excluding carboxylic acids is 3. The van der Waals surface area contributed by atoms with E-state index in [1.807, 2.05) is 0 Å². The standard InChI is InChI=1S/C28H22F2N4O3/c29-19-9-13-21(14-10-19)32-27(36)25(28(37)33-22-15-11-20(30)12-16-22)17-5-7-18(8-6-17)26(35)34-24-4-2-1-3-23(24)31/h1-16,25H,31H2,(H,32,36)(H,33,37)(H,34,35). The molecule has 4 aromatic rings. The van der Waals surface area contributed by atoms with Gasteiger partial charge in [0.1, 0.15) is 17.6 Å². The minimum atomic E-state index is -1.34. The molecule has 5 N–H and O–H groups in total. The highest BCUT2D eigenvalue weighted by molar-refractivity contribution is 6.15. The minimum Gasteiger partial charge on any atom is -0.397 e. The van der Waals surface area contributed by atoms with Crippen LogP contribution < -0.4 is 21.7 Å². The summed E-state index contributed by atoms with van der Waals surface area (Å²) in [5.74, 6) is -4.07. The first-order valence-corrected chi connectivity index (χ1v) is 11.2. The zero-order valence-corrected chi connectivity index (χ0v) is 19.4. The van der Waals surface area contributed by atoms with Crippen molar-refractivity contribution in [2.75, 3.05) is 21.7 Å². The lowest BCUT2D eigenvalue weighted by Crippen LogP contribution is -2.32. The van der Waals surface area contributed by atoms with Crippen molar-refractivity contribution in [2.45, 2.75) is 5.92 Å². The molecular formula is C28H22F2N4O3. The Labute approximate surface area is 211 Å². The molecule has 0 saturated carbocycles. The van der Waals surface area contributed by atoms with Gasteiger partial charge in [-0.2, -0.15) is 0 Å². The lowest BCUT2D eigenvalue weighted by Gasteiger charge is -2.18. The van der Waals surface area contributed by atoms with Crippen LogP contribution >= 0.6 is 0 Å². The minimum absolute atomic E-state index is 0.281. The van der Waals surface area contributed by atoms with E-state index in [4.69, 9.17) is 5.73 Å². The summed E-state index contributed by atoms with van der Waals surface area (Å²) in [7, 11) is 0. The molecule has 0 heterocycles. The molecule has 0 unspecified atom stereocenters. The topological polar surface area (TPSA) is 113 Å². The zero-order valence-electron chi connectivity index (χ0n) is 19.4. The number of anilines is 4. The van der Waals surface area contributed by atoms with E-state index in [0.717, 1.165) is 0 Å². The lowest BCUT2D eigenvalue weighted by atomic mass is 9.95. The van der Waals surface area contributed by atoms with Crippen molar-refractivity contribution < 1.29 is 23.2 Å². The van der Waals surface area contributed by atoms with Crippen molar-refractivity contribution in [3.63, 3.8) is 0 Å². The molecule has 0 aliphatic rings. The van der Waals surface area contributed by atoms with Gasteiger partial charge in [0.05, 0.1) is 11.4 Å². The number of amides is 3. The molecule has 9 heteroatoms. The molecule has 4 aromatic carbocycles.